The molecule has 0 saturated carbocycles. The number of anilines is 1. The average Bonchev–Trinajstić information content (AvgIpc) is 3.23. The van der Waals surface area contributed by atoms with Crippen molar-refractivity contribution in [3.05, 3.63) is 66.2 Å². The lowest BCUT2D eigenvalue weighted by Crippen LogP contribution is -2.41. The number of hydrogen-bond acceptors (Lipinski definition) is 5. The number of nitrogens with one attached hydrogen (secondary N) is 1. The molecule has 3 aromatic carbocycles. The molecule has 1 heterocycles. The number of fused-ring (bicyclic) bond motifs is 2. The van der Waals surface area contributed by atoms with Crippen LogP contribution in [0.5, 0.6) is 11.5 Å². The van der Waals surface area contributed by atoms with Crippen LogP contribution in [0.15, 0.2) is 60.7 Å². The molecule has 0 radical (unpaired) electrons. The zero-order valence-electron chi connectivity index (χ0n) is 16.5. The van der Waals surface area contributed by atoms with Gasteiger partial charge in [-0.2, -0.15) is 0 Å². The highest BCUT2D eigenvalue weighted by Crippen LogP contribution is 2.36. The van der Waals surface area contributed by atoms with Crippen LogP contribution in [0.2, 0.25) is 0 Å². The Kier molecular flexibility index (Phi) is 5.50. The Labute approximate surface area is 175 Å². The van der Waals surface area contributed by atoms with Gasteiger partial charge in [0.05, 0.1) is 11.4 Å². The van der Waals surface area contributed by atoms with E-state index in [0.717, 1.165) is 20.6 Å². The highest BCUT2D eigenvalue weighted by Gasteiger charge is 2.25. The smallest absolute Gasteiger partial charge is 0.241 e. The predicted molar refractivity (Wildman–Crippen MR) is 115 cm³/mol. The molecule has 0 atom stereocenters. The van der Waals surface area contributed by atoms with E-state index in [0.29, 0.717) is 23.7 Å². The second-order valence-corrected chi connectivity index (χ2v) is 9.04. The molecular formula is C22H22N2O5S. The van der Waals surface area contributed by atoms with Gasteiger partial charge in [-0.3, -0.25) is 9.10 Å². The van der Waals surface area contributed by atoms with Crippen LogP contribution in [-0.4, -0.2) is 33.4 Å². The van der Waals surface area contributed by atoms with Crippen molar-refractivity contribution in [3.8, 4) is 11.5 Å². The molecule has 0 saturated heterocycles. The molecule has 4 rings (SSSR count). The van der Waals surface area contributed by atoms with Gasteiger partial charge in [-0.15, -0.1) is 0 Å². The topological polar surface area (TPSA) is 84.9 Å². The second-order valence-electron chi connectivity index (χ2n) is 6.86. The van der Waals surface area contributed by atoms with Gasteiger partial charge in [-0.05, 0) is 35.4 Å². The summed E-state index contributed by atoms with van der Waals surface area (Å²) in [5.41, 5.74) is 1.33. The SMILES string of the molecule is CCS(=O)(=O)N(CC(=O)NCc1cccc2ccccc12)c1ccc2c(c1)OCO2. The van der Waals surface area contributed by atoms with Crippen molar-refractivity contribution in [2.24, 2.45) is 0 Å². The third kappa shape index (κ3) is 4.04. The summed E-state index contributed by atoms with van der Waals surface area (Å²) in [6.45, 7) is 1.62. The van der Waals surface area contributed by atoms with Crippen molar-refractivity contribution in [1.29, 1.82) is 0 Å². The van der Waals surface area contributed by atoms with Crippen molar-refractivity contribution in [3.63, 3.8) is 0 Å². The van der Waals surface area contributed by atoms with Crippen LogP contribution in [0.4, 0.5) is 5.69 Å². The van der Waals surface area contributed by atoms with Gasteiger partial charge in [0.1, 0.15) is 6.54 Å². The summed E-state index contributed by atoms with van der Waals surface area (Å²) in [7, 11) is -3.67. The zero-order chi connectivity index (χ0) is 21.1. The van der Waals surface area contributed by atoms with Crippen molar-refractivity contribution < 1.29 is 22.7 Å². The van der Waals surface area contributed by atoms with Crippen LogP contribution in [0, 0.1) is 0 Å². The maximum absolute atomic E-state index is 12.7. The summed E-state index contributed by atoms with van der Waals surface area (Å²) < 4.78 is 37.0. The molecule has 0 aliphatic carbocycles. The van der Waals surface area contributed by atoms with Gasteiger partial charge < -0.3 is 14.8 Å². The molecule has 0 spiro atoms. The van der Waals surface area contributed by atoms with Crippen molar-refractivity contribution in [2.75, 3.05) is 23.4 Å². The molecule has 1 N–H and O–H groups in total. The van der Waals surface area contributed by atoms with E-state index in [1.165, 1.54) is 0 Å². The first-order valence-corrected chi connectivity index (χ1v) is 11.2. The van der Waals surface area contributed by atoms with Gasteiger partial charge in [-0.1, -0.05) is 42.5 Å². The molecule has 0 unspecified atom stereocenters. The van der Waals surface area contributed by atoms with Gasteiger partial charge >= 0.3 is 0 Å². The molecule has 1 aliphatic rings. The summed E-state index contributed by atoms with van der Waals surface area (Å²) in [5, 5.41) is 4.97. The summed E-state index contributed by atoms with van der Waals surface area (Å²) in [6.07, 6.45) is 0. The molecule has 0 fully saturated rings. The Morgan fingerprint density at radius 2 is 1.80 bits per heavy atom. The van der Waals surface area contributed by atoms with E-state index >= 15 is 0 Å². The molecule has 1 aliphatic heterocycles. The molecule has 30 heavy (non-hydrogen) atoms. The maximum Gasteiger partial charge on any atom is 0.241 e. The Morgan fingerprint density at radius 3 is 2.63 bits per heavy atom. The minimum atomic E-state index is -3.67. The molecule has 3 aromatic rings. The molecule has 1 amide bonds. The number of carbonyl (C=O) groups is 1. The number of sulfonamides is 1. The van der Waals surface area contributed by atoms with E-state index in [1.807, 2.05) is 42.5 Å². The van der Waals surface area contributed by atoms with Crippen molar-refractivity contribution in [2.45, 2.75) is 13.5 Å². The van der Waals surface area contributed by atoms with Gasteiger partial charge in [0.15, 0.2) is 11.5 Å². The molecular weight excluding hydrogens is 404 g/mol. The van der Waals surface area contributed by atoms with Crippen molar-refractivity contribution >= 4 is 32.4 Å². The quantitative estimate of drug-likeness (QED) is 0.628. The highest BCUT2D eigenvalue weighted by molar-refractivity contribution is 7.92. The fourth-order valence-corrected chi connectivity index (χ4v) is 4.43. The summed E-state index contributed by atoms with van der Waals surface area (Å²) in [4.78, 5) is 12.7. The predicted octanol–water partition coefficient (Wildman–Crippen LogP) is 3.04. The number of ether oxygens (including phenoxy) is 2. The van der Waals surface area contributed by atoms with E-state index in [1.54, 1.807) is 25.1 Å². The van der Waals surface area contributed by atoms with Crippen LogP contribution >= 0.6 is 0 Å². The number of amides is 1. The lowest BCUT2D eigenvalue weighted by atomic mass is 10.0. The molecule has 8 heteroatoms. The number of carbonyl (C=O) groups excluding carboxylic acids is 1. The molecule has 156 valence electrons. The van der Waals surface area contributed by atoms with Crippen LogP contribution in [0.1, 0.15) is 12.5 Å². The number of rotatable bonds is 7. The Morgan fingerprint density at radius 1 is 1.03 bits per heavy atom. The largest absolute Gasteiger partial charge is 0.454 e. The minimum absolute atomic E-state index is 0.0881. The first kappa shape index (κ1) is 20.0. The standard InChI is InChI=1S/C22H22N2O5S/c1-2-30(26,27)24(18-10-11-20-21(12-18)29-15-28-20)14-22(25)23-13-17-8-5-7-16-6-3-4-9-19(16)17/h3-12H,2,13-15H2,1H3,(H,23,25). The van der Waals surface area contributed by atoms with E-state index in [4.69, 9.17) is 9.47 Å². The van der Waals surface area contributed by atoms with Crippen LogP contribution < -0.4 is 19.1 Å². The lowest BCUT2D eigenvalue weighted by molar-refractivity contribution is -0.119. The zero-order valence-corrected chi connectivity index (χ0v) is 17.3. The van der Waals surface area contributed by atoms with Gasteiger partial charge in [0, 0.05) is 12.6 Å². The summed E-state index contributed by atoms with van der Waals surface area (Å²) in [6, 6.07) is 18.6. The van der Waals surface area contributed by atoms with E-state index in [2.05, 4.69) is 5.32 Å². The fourth-order valence-electron chi connectivity index (χ4n) is 3.37. The lowest BCUT2D eigenvalue weighted by Gasteiger charge is -2.23. The molecule has 0 bridgehead atoms. The number of hydrogen-bond donors (Lipinski definition) is 1. The monoisotopic (exact) mass is 426 g/mol. The van der Waals surface area contributed by atoms with Gasteiger partial charge in [0.25, 0.3) is 0 Å². The van der Waals surface area contributed by atoms with Crippen molar-refractivity contribution in [1.82, 2.24) is 5.32 Å². The van der Waals surface area contributed by atoms with Crippen LogP contribution in [0.3, 0.4) is 0 Å². The Hall–Kier alpha value is -3.26. The Balaban J connectivity index is 1.52. The van der Waals surface area contributed by atoms with Crippen LogP contribution in [-0.2, 0) is 21.4 Å². The van der Waals surface area contributed by atoms with E-state index in [-0.39, 0.29) is 19.1 Å². The van der Waals surface area contributed by atoms with Gasteiger partial charge in [-0.25, -0.2) is 8.42 Å². The fraction of sp³-hybridized carbons (Fsp3) is 0.227. The maximum atomic E-state index is 12.7. The Bertz CT molecular complexity index is 1190. The average molecular weight is 426 g/mol. The highest BCUT2D eigenvalue weighted by atomic mass is 32.2. The summed E-state index contributed by atoms with van der Waals surface area (Å²) in [5.74, 6) is 0.489. The third-order valence-corrected chi connectivity index (χ3v) is 6.73. The van der Waals surface area contributed by atoms with Crippen LogP contribution in [0.25, 0.3) is 10.8 Å². The molecule has 0 aromatic heterocycles. The summed E-state index contributed by atoms with van der Waals surface area (Å²) >= 11 is 0. The minimum Gasteiger partial charge on any atom is -0.454 e. The second kappa shape index (κ2) is 8.23. The number of benzene rings is 3. The first-order valence-electron chi connectivity index (χ1n) is 9.61. The number of nitrogens with zero attached hydrogens (tertiary/aromatic N) is 1. The third-order valence-electron chi connectivity index (χ3n) is 4.99. The van der Waals surface area contributed by atoms with E-state index < -0.39 is 15.9 Å². The van der Waals surface area contributed by atoms with E-state index in [9.17, 15) is 13.2 Å². The van der Waals surface area contributed by atoms with Gasteiger partial charge in [0.2, 0.25) is 22.7 Å². The molecule has 7 nitrogen and oxygen atoms in total. The normalized spacial score (nSPS) is 12.7. The first-order chi connectivity index (χ1) is 14.5.